The molecular weight excluding hydrogens is 305 g/mol. The smallest absolute Gasteiger partial charge is 0.234 e. The molecule has 0 saturated heterocycles. The number of halogens is 2. The van der Waals surface area contributed by atoms with Crippen LogP contribution in [0, 0.1) is 5.82 Å². The van der Waals surface area contributed by atoms with Gasteiger partial charge in [0, 0.05) is 15.5 Å². The quantitative estimate of drug-likeness (QED) is 0.849. The van der Waals surface area contributed by atoms with E-state index in [4.69, 9.17) is 11.6 Å². The monoisotopic (exact) mass is 313 g/mol. The Morgan fingerprint density at radius 3 is 3.00 bits per heavy atom. The molecule has 0 radical (unpaired) electrons. The molecule has 2 aromatic rings. The van der Waals surface area contributed by atoms with Crippen LogP contribution in [0.4, 0.5) is 10.1 Å². The van der Waals surface area contributed by atoms with E-state index in [1.807, 2.05) is 11.4 Å². The molecule has 1 aliphatic rings. The van der Waals surface area contributed by atoms with E-state index in [1.54, 1.807) is 12.1 Å². The van der Waals surface area contributed by atoms with Gasteiger partial charge in [-0.15, -0.1) is 23.1 Å². The topological polar surface area (TPSA) is 29.1 Å². The van der Waals surface area contributed by atoms with Gasteiger partial charge in [-0.1, -0.05) is 17.7 Å². The van der Waals surface area contributed by atoms with E-state index in [2.05, 4.69) is 5.32 Å². The molecule has 0 aliphatic carbocycles. The minimum Gasteiger partial charge on any atom is -0.324 e. The highest BCUT2D eigenvalue weighted by molar-refractivity contribution is 8.00. The minimum atomic E-state index is -0.335. The predicted molar refractivity (Wildman–Crippen MR) is 78.7 cm³/mol. The molecule has 0 saturated carbocycles. The Morgan fingerprint density at radius 2 is 2.21 bits per heavy atom. The van der Waals surface area contributed by atoms with Crippen molar-refractivity contribution in [2.75, 3.05) is 11.1 Å². The van der Waals surface area contributed by atoms with Crippen molar-refractivity contribution < 1.29 is 9.18 Å². The van der Waals surface area contributed by atoms with Crippen molar-refractivity contribution in [3.05, 3.63) is 50.9 Å². The van der Waals surface area contributed by atoms with Crippen LogP contribution < -0.4 is 5.32 Å². The van der Waals surface area contributed by atoms with Crippen molar-refractivity contribution >= 4 is 46.3 Å². The van der Waals surface area contributed by atoms with E-state index in [-0.39, 0.29) is 22.7 Å². The lowest BCUT2D eigenvalue weighted by atomic mass is 10.1. The summed E-state index contributed by atoms with van der Waals surface area (Å²) in [6.45, 7) is 0. The summed E-state index contributed by atoms with van der Waals surface area (Å²) in [7, 11) is 0. The molecule has 6 heteroatoms. The third kappa shape index (κ3) is 2.38. The van der Waals surface area contributed by atoms with Gasteiger partial charge in [0.15, 0.2) is 0 Å². The van der Waals surface area contributed by atoms with Gasteiger partial charge in [-0.05, 0) is 23.6 Å². The lowest BCUT2D eigenvalue weighted by molar-refractivity contribution is -0.113. The van der Waals surface area contributed by atoms with Gasteiger partial charge in [0.1, 0.15) is 5.82 Å². The molecule has 0 unspecified atom stereocenters. The van der Waals surface area contributed by atoms with Crippen LogP contribution in [-0.2, 0) is 4.79 Å². The Labute approximate surface area is 123 Å². The van der Waals surface area contributed by atoms with Crippen LogP contribution in [0.1, 0.15) is 15.7 Å². The van der Waals surface area contributed by atoms with Gasteiger partial charge in [0.2, 0.25) is 5.91 Å². The van der Waals surface area contributed by atoms with Crippen LogP contribution >= 0.6 is 34.7 Å². The second-order valence-corrected chi connectivity index (χ2v) is 6.52. The van der Waals surface area contributed by atoms with Crippen LogP contribution in [0.5, 0.6) is 0 Å². The van der Waals surface area contributed by atoms with Crippen LogP contribution in [0.3, 0.4) is 0 Å². The van der Waals surface area contributed by atoms with Gasteiger partial charge >= 0.3 is 0 Å². The highest BCUT2D eigenvalue weighted by atomic mass is 35.5. The molecule has 1 aromatic heterocycles. The van der Waals surface area contributed by atoms with Gasteiger partial charge in [0.05, 0.1) is 16.7 Å². The molecule has 0 fully saturated rings. The Bertz CT molecular complexity index is 623. The number of carbonyl (C=O) groups is 1. The van der Waals surface area contributed by atoms with Crippen LogP contribution in [0.25, 0.3) is 0 Å². The maximum Gasteiger partial charge on any atom is 0.234 e. The number of carbonyl (C=O) groups excluding carboxylic acids is 1. The molecule has 0 bridgehead atoms. The highest BCUT2D eigenvalue weighted by Gasteiger charge is 2.28. The number of rotatable bonds is 1. The zero-order valence-corrected chi connectivity index (χ0v) is 12.0. The Kier molecular flexibility index (Phi) is 3.52. The summed E-state index contributed by atoms with van der Waals surface area (Å²) in [5.41, 5.74) is 1.21. The van der Waals surface area contributed by atoms with E-state index >= 15 is 0 Å². The van der Waals surface area contributed by atoms with Crippen molar-refractivity contribution in [2.45, 2.75) is 5.25 Å². The second-order valence-electron chi connectivity index (χ2n) is 4.07. The molecule has 98 valence electrons. The number of nitrogens with one attached hydrogen (secondary N) is 1. The number of anilines is 1. The number of benzene rings is 1. The van der Waals surface area contributed by atoms with Crippen LogP contribution in [-0.4, -0.2) is 11.7 Å². The number of thiophene rings is 1. The fourth-order valence-electron chi connectivity index (χ4n) is 2.02. The zero-order chi connectivity index (χ0) is 13.4. The first-order valence-electron chi connectivity index (χ1n) is 5.59. The SMILES string of the molecule is O=C1CS[C@H](c2c(F)cccc2Cl)c2sccc2N1. The molecule has 1 amide bonds. The molecule has 1 aliphatic heterocycles. The Hall–Kier alpha value is -1.04. The lowest BCUT2D eigenvalue weighted by Crippen LogP contribution is -2.11. The van der Waals surface area contributed by atoms with Gasteiger partial charge in [-0.25, -0.2) is 4.39 Å². The molecule has 1 aromatic carbocycles. The summed E-state index contributed by atoms with van der Waals surface area (Å²) in [6.07, 6.45) is 0. The Balaban J connectivity index is 2.13. The molecule has 0 spiro atoms. The van der Waals surface area contributed by atoms with Crippen molar-refractivity contribution in [3.63, 3.8) is 0 Å². The fraction of sp³-hybridized carbons (Fsp3) is 0.154. The van der Waals surface area contributed by atoms with Crippen molar-refractivity contribution in [1.29, 1.82) is 0 Å². The van der Waals surface area contributed by atoms with E-state index in [1.165, 1.54) is 29.2 Å². The maximum absolute atomic E-state index is 14.1. The van der Waals surface area contributed by atoms with Crippen molar-refractivity contribution in [2.24, 2.45) is 0 Å². The normalized spacial score (nSPS) is 18.6. The van der Waals surface area contributed by atoms with Gasteiger partial charge in [-0.3, -0.25) is 4.79 Å². The van der Waals surface area contributed by atoms with Crippen molar-refractivity contribution in [1.82, 2.24) is 0 Å². The van der Waals surface area contributed by atoms with Gasteiger partial charge < -0.3 is 5.32 Å². The zero-order valence-electron chi connectivity index (χ0n) is 9.65. The fourth-order valence-corrected chi connectivity index (χ4v) is 4.64. The predicted octanol–water partition coefficient (Wildman–Crippen LogP) is 4.32. The average molecular weight is 314 g/mol. The molecule has 1 N–H and O–H groups in total. The first-order chi connectivity index (χ1) is 9.16. The summed E-state index contributed by atoms with van der Waals surface area (Å²) in [4.78, 5) is 12.6. The first kappa shape index (κ1) is 13.0. The first-order valence-corrected chi connectivity index (χ1v) is 7.90. The highest BCUT2D eigenvalue weighted by Crippen LogP contribution is 2.46. The lowest BCUT2D eigenvalue weighted by Gasteiger charge is -2.16. The molecular formula is C13H9ClFNOS2. The summed E-state index contributed by atoms with van der Waals surface area (Å²) in [5.74, 6) is -0.116. The molecule has 2 heterocycles. The molecule has 2 nitrogen and oxygen atoms in total. The summed E-state index contributed by atoms with van der Waals surface area (Å²) >= 11 is 9.03. The number of hydrogen-bond donors (Lipinski definition) is 1. The molecule has 1 atom stereocenters. The average Bonchev–Trinajstić information content (AvgIpc) is 2.75. The summed E-state index contributed by atoms with van der Waals surface area (Å²) in [6, 6.07) is 6.50. The molecule has 19 heavy (non-hydrogen) atoms. The summed E-state index contributed by atoms with van der Waals surface area (Å²) < 4.78 is 14.1. The molecule has 3 rings (SSSR count). The third-order valence-corrected chi connectivity index (χ3v) is 5.54. The van der Waals surface area contributed by atoms with E-state index in [9.17, 15) is 9.18 Å². The second kappa shape index (κ2) is 5.15. The van der Waals surface area contributed by atoms with Gasteiger partial charge in [-0.2, -0.15) is 0 Å². The number of amides is 1. The third-order valence-electron chi connectivity index (χ3n) is 2.85. The Morgan fingerprint density at radius 1 is 1.37 bits per heavy atom. The maximum atomic E-state index is 14.1. The van der Waals surface area contributed by atoms with Crippen LogP contribution in [0.15, 0.2) is 29.6 Å². The number of thioether (sulfide) groups is 1. The number of hydrogen-bond acceptors (Lipinski definition) is 3. The minimum absolute atomic E-state index is 0.0698. The van der Waals surface area contributed by atoms with E-state index in [0.717, 1.165) is 10.6 Å². The van der Waals surface area contributed by atoms with E-state index in [0.29, 0.717) is 10.6 Å². The van der Waals surface area contributed by atoms with Gasteiger partial charge in [0.25, 0.3) is 0 Å². The van der Waals surface area contributed by atoms with Crippen LogP contribution in [0.2, 0.25) is 5.02 Å². The van der Waals surface area contributed by atoms with Crippen molar-refractivity contribution in [3.8, 4) is 0 Å². The largest absolute Gasteiger partial charge is 0.324 e. The standard InChI is InChI=1S/C13H9ClFNOS2/c14-7-2-1-3-8(15)11(7)13-12-9(4-5-18-12)16-10(17)6-19-13/h1-5,13H,6H2,(H,16,17)/t13-/m1/s1. The summed E-state index contributed by atoms with van der Waals surface area (Å²) in [5, 5.41) is 4.86. The van der Waals surface area contributed by atoms with E-state index < -0.39 is 0 Å². The number of fused-ring (bicyclic) bond motifs is 1.